The first-order valence-electron chi connectivity index (χ1n) is 7.10. The molecule has 3 aromatic rings. The molecule has 1 aromatic carbocycles. The van der Waals surface area contributed by atoms with E-state index >= 15 is 0 Å². The molecule has 0 aliphatic carbocycles. The van der Waals surface area contributed by atoms with E-state index in [9.17, 15) is 5.11 Å². The van der Waals surface area contributed by atoms with Crippen LogP contribution < -0.4 is 0 Å². The van der Waals surface area contributed by atoms with Gasteiger partial charge in [-0.25, -0.2) is 9.50 Å². The van der Waals surface area contributed by atoms with E-state index in [0.29, 0.717) is 5.69 Å². The van der Waals surface area contributed by atoms with Gasteiger partial charge in [0.1, 0.15) is 0 Å². The van der Waals surface area contributed by atoms with Crippen LogP contribution in [0.3, 0.4) is 0 Å². The van der Waals surface area contributed by atoms with Gasteiger partial charge in [0.05, 0.1) is 23.7 Å². The lowest BCUT2D eigenvalue weighted by molar-refractivity contribution is 0.276. The Kier molecular flexibility index (Phi) is 3.47. The van der Waals surface area contributed by atoms with Crippen LogP contribution >= 0.6 is 0 Å². The van der Waals surface area contributed by atoms with E-state index < -0.39 is 0 Å². The number of imidazole rings is 1. The van der Waals surface area contributed by atoms with E-state index in [1.807, 2.05) is 23.6 Å². The Morgan fingerprint density at radius 2 is 1.90 bits per heavy atom. The Morgan fingerprint density at radius 3 is 2.67 bits per heavy atom. The van der Waals surface area contributed by atoms with Crippen LogP contribution in [0.4, 0.5) is 0 Å². The Labute approximate surface area is 124 Å². The van der Waals surface area contributed by atoms with Crippen LogP contribution in [0, 0.1) is 20.8 Å². The minimum absolute atomic E-state index is 0.0669. The highest BCUT2D eigenvalue weighted by atomic mass is 16.3. The molecule has 3 rings (SSSR count). The van der Waals surface area contributed by atoms with Crippen molar-refractivity contribution >= 4 is 5.65 Å². The highest BCUT2D eigenvalue weighted by Gasteiger charge is 2.14. The molecule has 108 valence electrons. The minimum atomic E-state index is -0.0669. The summed E-state index contributed by atoms with van der Waals surface area (Å²) in [6.07, 6.45) is 0.723. The van der Waals surface area contributed by atoms with Gasteiger partial charge >= 0.3 is 0 Å². The molecule has 0 amide bonds. The Balaban J connectivity index is 2.15. The zero-order chi connectivity index (χ0) is 15.0. The van der Waals surface area contributed by atoms with E-state index in [4.69, 9.17) is 0 Å². The predicted molar refractivity (Wildman–Crippen MR) is 82.4 cm³/mol. The second kappa shape index (κ2) is 5.30. The zero-order valence-electron chi connectivity index (χ0n) is 12.6. The third-order valence-electron chi connectivity index (χ3n) is 4.01. The third kappa shape index (κ3) is 2.43. The number of nitrogens with zero attached hydrogens (tertiary/aromatic N) is 3. The van der Waals surface area contributed by atoms with Gasteiger partial charge in [0.25, 0.3) is 0 Å². The average Bonchev–Trinajstić information content (AvgIpc) is 2.81. The van der Waals surface area contributed by atoms with Crippen molar-refractivity contribution in [2.24, 2.45) is 0 Å². The molecule has 2 heterocycles. The van der Waals surface area contributed by atoms with Gasteiger partial charge in [-0.1, -0.05) is 18.2 Å². The Bertz CT molecular complexity index is 805. The zero-order valence-corrected chi connectivity index (χ0v) is 12.6. The summed E-state index contributed by atoms with van der Waals surface area (Å²) in [5, 5.41) is 14.1. The van der Waals surface area contributed by atoms with Crippen LogP contribution in [0.25, 0.3) is 5.65 Å². The SMILES string of the molecule is Cc1ccc2nc(CO)c(Cc3cccc(C)c3C)n2n1. The fourth-order valence-electron chi connectivity index (χ4n) is 2.60. The number of aromatic nitrogens is 3. The van der Waals surface area contributed by atoms with E-state index in [1.54, 1.807) is 0 Å². The molecular formula is C17H19N3O. The standard InChI is InChI=1S/C17H19N3O/c1-11-5-4-6-14(13(11)3)9-16-15(10-21)18-17-8-7-12(2)19-20(16)17/h4-8,21H,9-10H2,1-3H3. The third-order valence-corrected chi connectivity index (χ3v) is 4.01. The molecule has 1 N–H and O–H groups in total. The highest BCUT2D eigenvalue weighted by Crippen LogP contribution is 2.20. The molecule has 0 unspecified atom stereocenters. The first-order valence-corrected chi connectivity index (χ1v) is 7.10. The first kappa shape index (κ1) is 13.8. The first-order chi connectivity index (χ1) is 10.1. The maximum atomic E-state index is 9.59. The van der Waals surface area contributed by atoms with Crippen LogP contribution in [0.1, 0.15) is 33.8 Å². The number of benzene rings is 1. The molecule has 0 aliphatic heterocycles. The van der Waals surface area contributed by atoms with E-state index in [-0.39, 0.29) is 6.61 Å². The molecule has 0 saturated carbocycles. The van der Waals surface area contributed by atoms with E-state index in [1.165, 1.54) is 16.7 Å². The summed E-state index contributed by atoms with van der Waals surface area (Å²) < 4.78 is 1.85. The minimum Gasteiger partial charge on any atom is -0.390 e. The molecule has 0 radical (unpaired) electrons. The summed E-state index contributed by atoms with van der Waals surface area (Å²) in [7, 11) is 0. The van der Waals surface area contributed by atoms with Crippen LogP contribution in [0.2, 0.25) is 0 Å². The second-order valence-electron chi connectivity index (χ2n) is 5.44. The maximum Gasteiger partial charge on any atom is 0.154 e. The lowest BCUT2D eigenvalue weighted by atomic mass is 9.99. The van der Waals surface area contributed by atoms with Gasteiger partial charge in [-0.3, -0.25) is 0 Å². The van der Waals surface area contributed by atoms with Gasteiger partial charge in [0.2, 0.25) is 0 Å². The molecule has 4 nitrogen and oxygen atoms in total. The van der Waals surface area contributed by atoms with E-state index in [0.717, 1.165) is 23.5 Å². The van der Waals surface area contributed by atoms with Crippen molar-refractivity contribution in [3.63, 3.8) is 0 Å². The van der Waals surface area contributed by atoms with Crippen molar-refractivity contribution in [2.45, 2.75) is 33.8 Å². The van der Waals surface area contributed by atoms with E-state index in [2.05, 4.69) is 42.1 Å². The molecule has 2 aromatic heterocycles. The molecule has 0 atom stereocenters. The molecule has 21 heavy (non-hydrogen) atoms. The second-order valence-corrected chi connectivity index (χ2v) is 5.44. The predicted octanol–water partition coefficient (Wildman–Crippen LogP) is 2.74. The lowest BCUT2D eigenvalue weighted by Gasteiger charge is -2.09. The molecule has 0 spiro atoms. The van der Waals surface area contributed by atoms with Crippen molar-refractivity contribution in [2.75, 3.05) is 0 Å². The fraction of sp³-hybridized carbons (Fsp3) is 0.294. The van der Waals surface area contributed by atoms with Crippen molar-refractivity contribution < 1.29 is 5.11 Å². The van der Waals surface area contributed by atoms with Crippen LogP contribution in [0.5, 0.6) is 0 Å². The van der Waals surface area contributed by atoms with Crippen molar-refractivity contribution in [1.29, 1.82) is 0 Å². The van der Waals surface area contributed by atoms with Gasteiger partial charge < -0.3 is 5.11 Å². The highest BCUT2D eigenvalue weighted by molar-refractivity contribution is 5.44. The number of hydrogen-bond acceptors (Lipinski definition) is 3. The van der Waals surface area contributed by atoms with Gasteiger partial charge in [-0.05, 0) is 49.6 Å². The lowest BCUT2D eigenvalue weighted by Crippen LogP contribution is -2.04. The number of aryl methyl sites for hydroxylation is 2. The molecule has 0 aliphatic rings. The largest absolute Gasteiger partial charge is 0.390 e. The van der Waals surface area contributed by atoms with Crippen LogP contribution in [-0.4, -0.2) is 19.7 Å². The molecular weight excluding hydrogens is 262 g/mol. The van der Waals surface area contributed by atoms with Gasteiger partial charge in [-0.2, -0.15) is 5.10 Å². The van der Waals surface area contributed by atoms with Crippen molar-refractivity contribution in [1.82, 2.24) is 14.6 Å². The van der Waals surface area contributed by atoms with Crippen LogP contribution in [0.15, 0.2) is 30.3 Å². The summed E-state index contributed by atoms with van der Waals surface area (Å²) in [6.45, 7) is 6.14. The summed E-state index contributed by atoms with van der Waals surface area (Å²) in [6, 6.07) is 10.2. The van der Waals surface area contributed by atoms with Crippen molar-refractivity contribution in [3.05, 3.63) is 64.1 Å². The molecule has 0 fully saturated rings. The molecule has 0 bridgehead atoms. The van der Waals surface area contributed by atoms with Gasteiger partial charge in [0.15, 0.2) is 5.65 Å². The topological polar surface area (TPSA) is 50.4 Å². The normalized spacial score (nSPS) is 11.2. The number of fused-ring (bicyclic) bond motifs is 1. The van der Waals surface area contributed by atoms with Gasteiger partial charge in [0, 0.05) is 6.42 Å². The summed E-state index contributed by atoms with van der Waals surface area (Å²) >= 11 is 0. The quantitative estimate of drug-likeness (QED) is 0.803. The molecule has 4 heteroatoms. The summed E-state index contributed by atoms with van der Waals surface area (Å²) in [5.74, 6) is 0. The number of rotatable bonds is 3. The summed E-state index contributed by atoms with van der Waals surface area (Å²) in [5.41, 5.74) is 7.19. The molecule has 0 saturated heterocycles. The number of aliphatic hydroxyl groups excluding tert-OH is 1. The van der Waals surface area contributed by atoms with Gasteiger partial charge in [-0.15, -0.1) is 0 Å². The monoisotopic (exact) mass is 281 g/mol. The maximum absolute atomic E-state index is 9.59. The fourth-order valence-corrected chi connectivity index (χ4v) is 2.60. The van der Waals surface area contributed by atoms with Crippen LogP contribution in [-0.2, 0) is 13.0 Å². The Morgan fingerprint density at radius 1 is 1.10 bits per heavy atom. The number of aliphatic hydroxyl groups is 1. The van der Waals surface area contributed by atoms with Crippen molar-refractivity contribution in [3.8, 4) is 0 Å². The Hall–Kier alpha value is -2.20. The summed E-state index contributed by atoms with van der Waals surface area (Å²) in [4.78, 5) is 4.47. The average molecular weight is 281 g/mol. The number of hydrogen-bond donors (Lipinski definition) is 1. The smallest absolute Gasteiger partial charge is 0.154 e.